The van der Waals surface area contributed by atoms with Crippen molar-refractivity contribution < 1.29 is 19.8 Å². The molecule has 0 rings (SSSR count). The van der Waals surface area contributed by atoms with Crippen LogP contribution in [0.2, 0.25) is 0 Å². The van der Waals surface area contributed by atoms with E-state index < -0.39 is 12.2 Å². The number of amides is 2. The topological polar surface area (TPSA) is 105 Å². The van der Waals surface area contributed by atoms with Crippen molar-refractivity contribution in [2.45, 2.75) is 0 Å². The second-order valence-corrected chi connectivity index (χ2v) is 0.732. The predicted octanol–water partition coefficient (Wildman–Crippen LogP) is -2.26. The van der Waals surface area contributed by atoms with Crippen LogP contribution in [-0.2, 0) is 0 Å². The second-order valence-electron chi connectivity index (χ2n) is 0.732. The molecule has 0 aromatic heterocycles. The molecule has 0 unspecified atom stereocenters. The zero-order valence-electron chi connectivity index (χ0n) is 4.23. The molecule has 6 nitrogen and oxygen atoms in total. The first kappa shape index (κ1) is 11.9. The molecule has 0 N–H and O–H groups in total. The van der Waals surface area contributed by atoms with Crippen LogP contribution < -0.4 is 10.2 Å². The van der Waals surface area contributed by atoms with Crippen LogP contribution in [0.5, 0.6) is 0 Å². The molecule has 9 heavy (non-hydrogen) atoms. The number of hydrogen-bond acceptors (Lipinski definition) is 4. The summed E-state index contributed by atoms with van der Waals surface area (Å²) in [6.45, 7) is 0. The maximum atomic E-state index is 9.24. The summed E-state index contributed by atoms with van der Waals surface area (Å²) in [5.74, 6) is 0. The predicted molar refractivity (Wildman–Crippen MR) is 21.4 cm³/mol. The van der Waals surface area contributed by atoms with Gasteiger partial charge in [-0.25, -0.2) is 0 Å². The van der Waals surface area contributed by atoms with Crippen molar-refractivity contribution in [1.29, 1.82) is 0 Å². The monoisotopic (exact) mass is 254 g/mol. The molecule has 0 aromatic rings. The zero-order chi connectivity index (χ0) is 6.57. The van der Waals surface area contributed by atoms with Crippen LogP contribution >= 0.6 is 0 Å². The fourth-order valence-electron chi connectivity index (χ4n) is 0.0816. The van der Waals surface area contributed by atoms with Gasteiger partial charge in [0.05, 0.1) is 0 Å². The van der Waals surface area contributed by atoms with E-state index in [2.05, 4.69) is 10.2 Å². The first-order valence-corrected chi connectivity index (χ1v) is 1.46. The Morgan fingerprint density at radius 2 is 1.22 bits per heavy atom. The molecule has 0 aliphatic rings. The van der Waals surface area contributed by atoms with Gasteiger partial charge in [-0.3, -0.25) is 0 Å². The van der Waals surface area contributed by atoms with Crippen LogP contribution in [0.15, 0.2) is 10.2 Å². The minimum Gasteiger partial charge on any atom is -0.527 e. The number of rotatable bonds is 0. The third kappa shape index (κ3) is 11.6. The van der Waals surface area contributed by atoms with Gasteiger partial charge >= 0.3 is 48.9 Å². The summed E-state index contributed by atoms with van der Waals surface area (Å²) in [6.07, 6.45) is -3.82. The van der Waals surface area contributed by atoms with E-state index in [9.17, 15) is 19.8 Å². The van der Waals surface area contributed by atoms with E-state index in [4.69, 9.17) is 0 Å². The number of hydrogen-bond donors (Lipinski definition) is 0. The second kappa shape index (κ2) is 6.23. The summed E-state index contributed by atoms with van der Waals surface area (Å²) in [5.41, 5.74) is 0. The van der Waals surface area contributed by atoms with Gasteiger partial charge in [0, 0.05) is 0 Å². The van der Waals surface area contributed by atoms with Crippen LogP contribution in [-0.4, -0.2) is 61.1 Å². The van der Waals surface area contributed by atoms with E-state index in [0.717, 1.165) is 0 Å². The molecule has 0 saturated heterocycles. The SMILES string of the molecule is O=C([O-])/N=N\C(=O)[O-].[Ba+2]. The van der Waals surface area contributed by atoms with Gasteiger partial charge in [0.15, 0.2) is 12.2 Å². The quantitative estimate of drug-likeness (QED) is 0.359. The molecule has 7 heteroatoms. The van der Waals surface area contributed by atoms with Crippen molar-refractivity contribution in [2.75, 3.05) is 0 Å². The molecule has 0 fully saturated rings. The number of carbonyl (C=O) groups is 2. The van der Waals surface area contributed by atoms with Gasteiger partial charge in [-0.15, -0.1) is 10.2 Å². The molecule has 0 aliphatic heterocycles. The number of carboxylic acid groups (broad SMARTS) is 2. The molecule has 0 aromatic carbocycles. The third-order valence-corrected chi connectivity index (χ3v) is 0.213. The number of nitrogens with zero attached hydrogens (tertiary/aromatic N) is 2. The molecular weight excluding hydrogens is 253 g/mol. The third-order valence-electron chi connectivity index (χ3n) is 0.213. The average molecular weight is 253 g/mol. The number of azo groups is 1. The number of carbonyl (C=O) groups excluding carboxylic acids is 2. The van der Waals surface area contributed by atoms with Gasteiger partial charge in [-0.1, -0.05) is 0 Å². The first-order valence-electron chi connectivity index (χ1n) is 1.46. The standard InChI is InChI=1S/C2H2N2O4.Ba/c5-1(6)3-4-2(7)8;/h(H,5,6)(H,7,8);/q;+2/p-2/b4-3-;. The normalized spacial score (nSPS) is 8.44. The Balaban J connectivity index is 0. The van der Waals surface area contributed by atoms with Crippen molar-refractivity contribution in [1.82, 2.24) is 0 Å². The summed E-state index contributed by atoms with van der Waals surface area (Å²) >= 11 is 0. The summed E-state index contributed by atoms with van der Waals surface area (Å²) in [5, 5.41) is 22.7. The largest absolute Gasteiger partial charge is 2.00 e. The molecule has 0 saturated carbocycles. The zero-order valence-corrected chi connectivity index (χ0v) is 8.68. The van der Waals surface area contributed by atoms with Gasteiger partial charge in [0.1, 0.15) is 0 Å². The molecule has 0 heterocycles. The van der Waals surface area contributed by atoms with Gasteiger partial charge in [-0.05, 0) is 0 Å². The van der Waals surface area contributed by atoms with Crippen LogP contribution in [0, 0.1) is 0 Å². The molecular formula is C2BaN2O4. The fraction of sp³-hybridized carbons (Fsp3) is 0. The molecule has 0 atom stereocenters. The van der Waals surface area contributed by atoms with E-state index in [1.165, 1.54) is 0 Å². The van der Waals surface area contributed by atoms with Gasteiger partial charge in [0.25, 0.3) is 0 Å². The minimum absolute atomic E-state index is 0. The van der Waals surface area contributed by atoms with Crippen LogP contribution in [0.1, 0.15) is 0 Å². The van der Waals surface area contributed by atoms with E-state index in [1.54, 1.807) is 0 Å². The Bertz CT molecular complexity index is 128. The minimum atomic E-state index is -1.91. The van der Waals surface area contributed by atoms with Crippen LogP contribution in [0.4, 0.5) is 9.59 Å². The van der Waals surface area contributed by atoms with Gasteiger partial charge < -0.3 is 19.8 Å². The maximum Gasteiger partial charge on any atom is 2.00 e. The Labute approximate surface area is 90.0 Å². The molecule has 2 amide bonds. The molecule has 0 spiro atoms. The fourth-order valence-corrected chi connectivity index (χ4v) is 0.0816. The first-order chi connectivity index (χ1) is 3.63. The van der Waals surface area contributed by atoms with Gasteiger partial charge in [0.2, 0.25) is 0 Å². The van der Waals surface area contributed by atoms with E-state index in [1.807, 2.05) is 0 Å². The van der Waals surface area contributed by atoms with Gasteiger partial charge in [-0.2, -0.15) is 0 Å². The van der Waals surface area contributed by atoms with E-state index >= 15 is 0 Å². The Kier molecular flexibility index (Phi) is 8.21. The molecule has 0 aliphatic carbocycles. The summed E-state index contributed by atoms with van der Waals surface area (Å²) in [7, 11) is 0. The Hall–Kier alpha value is 0.111. The Morgan fingerprint density at radius 1 is 1.00 bits per heavy atom. The average Bonchev–Trinajstić information content (AvgIpc) is 1.61. The van der Waals surface area contributed by atoms with Crippen molar-refractivity contribution in [3.8, 4) is 0 Å². The van der Waals surface area contributed by atoms with Crippen molar-refractivity contribution in [3.05, 3.63) is 0 Å². The van der Waals surface area contributed by atoms with Crippen molar-refractivity contribution in [3.63, 3.8) is 0 Å². The molecule has 0 radical (unpaired) electrons. The summed E-state index contributed by atoms with van der Waals surface area (Å²) in [6, 6.07) is 0. The Morgan fingerprint density at radius 3 is 1.33 bits per heavy atom. The summed E-state index contributed by atoms with van der Waals surface area (Å²) in [4.78, 5) is 18.5. The van der Waals surface area contributed by atoms with Crippen molar-refractivity contribution in [2.24, 2.45) is 10.2 Å². The van der Waals surface area contributed by atoms with Crippen LogP contribution in [0.25, 0.3) is 0 Å². The molecule has 0 bridgehead atoms. The molecule has 44 valence electrons. The maximum absolute atomic E-state index is 9.24. The van der Waals surface area contributed by atoms with Crippen molar-refractivity contribution >= 4 is 61.1 Å². The van der Waals surface area contributed by atoms with Crippen LogP contribution in [0.3, 0.4) is 0 Å². The van der Waals surface area contributed by atoms with E-state index in [0.29, 0.717) is 0 Å². The summed E-state index contributed by atoms with van der Waals surface area (Å²) < 4.78 is 0. The smallest absolute Gasteiger partial charge is 0.527 e. The van der Waals surface area contributed by atoms with E-state index in [-0.39, 0.29) is 48.9 Å².